The molecule has 0 atom stereocenters. The lowest BCUT2D eigenvalue weighted by Gasteiger charge is -2.06. The Morgan fingerprint density at radius 3 is 2.82 bits per heavy atom. The molecule has 1 aromatic carbocycles. The summed E-state index contributed by atoms with van der Waals surface area (Å²) in [4.78, 5) is 0. The minimum atomic E-state index is 0.941. The van der Waals surface area contributed by atoms with Gasteiger partial charge in [0, 0.05) is 24.8 Å². The highest BCUT2D eigenvalue weighted by Crippen LogP contribution is 2.18. The van der Waals surface area contributed by atoms with Crippen molar-refractivity contribution in [2.24, 2.45) is 0 Å². The van der Waals surface area contributed by atoms with Crippen LogP contribution in [-0.2, 0) is 13.1 Å². The van der Waals surface area contributed by atoms with Crippen molar-refractivity contribution in [2.45, 2.75) is 39.3 Å². The number of benzene rings is 1. The molecule has 0 aliphatic rings. The van der Waals surface area contributed by atoms with Crippen molar-refractivity contribution in [2.75, 3.05) is 7.05 Å². The molecule has 2 heteroatoms. The van der Waals surface area contributed by atoms with Gasteiger partial charge in [0.15, 0.2) is 0 Å². The third-order valence-electron chi connectivity index (χ3n) is 3.22. The first-order chi connectivity index (χ1) is 8.35. The molecule has 2 nitrogen and oxygen atoms in total. The van der Waals surface area contributed by atoms with Gasteiger partial charge in [-0.15, -0.1) is 0 Å². The van der Waals surface area contributed by atoms with E-state index in [0.717, 1.165) is 13.1 Å². The van der Waals surface area contributed by atoms with E-state index in [0.29, 0.717) is 0 Å². The van der Waals surface area contributed by atoms with E-state index < -0.39 is 0 Å². The van der Waals surface area contributed by atoms with Crippen LogP contribution in [0.25, 0.3) is 10.9 Å². The Labute approximate surface area is 104 Å². The number of aryl methyl sites for hydroxylation is 1. The molecule has 0 spiro atoms. The molecule has 0 saturated carbocycles. The van der Waals surface area contributed by atoms with Gasteiger partial charge in [0.25, 0.3) is 0 Å². The highest BCUT2D eigenvalue weighted by Gasteiger charge is 2.01. The second-order valence-corrected chi connectivity index (χ2v) is 4.64. The van der Waals surface area contributed by atoms with Crippen LogP contribution in [0.1, 0.15) is 31.7 Å². The average Bonchev–Trinajstić information content (AvgIpc) is 2.73. The molecule has 0 bridgehead atoms. The largest absolute Gasteiger partial charge is 0.347 e. The SMILES string of the molecule is CCCCCn1ccc2ccc(CNC)cc21. The van der Waals surface area contributed by atoms with E-state index in [4.69, 9.17) is 0 Å². The van der Waals surface area contributed by atoms with Crippen LogP contribution in [0, 0.1) is 0 Å². The fourth-order valence-corrected chi connectivity index (χ4v) is 2.27. The zero-order valence-electron chi connectivity index (χ0n) is 10.9. The lowest BCUT2D eigenvalue weighted by molar-refractivity contribution is 0.616. The van der Waals surface area contributed by atoms with Gasteiger partial charge in [-0.1, -0.05) is 31.9 Å². The first-order valence-electron chi connectivity index (χ1n) is 6.57. The molecule has 0 aliphatic carbocycles. The second-order valence-electron chi connectivity index (χ2n) is 4.64. The number of hydrogen-bond donors (Lipinski definition) is 1. The summed E-state index contributed by atoms with van der Waals surface area (Å²) in [6.45, 7) is 4.33. The highest BCUT2D eigenvalue weighted by molar-refractivity contribution is 5.80. The molecule has 0 unspecified atom stereocenters. The number of hydrogen-bond acceptors (Lipinski definition) is 1. The number of aromatic nitrogens is 1. The fraction of sp³-hybridized carbons (Fsp3) is 0.467. The van der Waals surface area contributed by atoms with Crippen LogP contribution in [0.2, 0.25) is 0 Å². The second kappa shape index (κ2) is 5.87. The molecule has 0 saturated heterocycles. The van der Waals surface area contributed by atoms with Gasteiger partial charge in [0.1, 0.15) is 0 Å². The van der Waals surface area contributed by atoms with Crippen molar-refractivity contribution < 1.29 is 0 Å². The van der Waals surface area contributed by atoms with Crippen LogP contribution in [0.4, 0.5) is 0 Å². The van der Waals surface area contributed by atoms with Gasteiger partial charge in [0.2, 0.25) is 0 Å². The van der Waals surface area contributed by atoms with Crippen molar-refractivity contribution in [3.63, 3.8) is 0 Å². The summed E-state index contributed by atoms with van der Waals surface area (Å²) >= 11 is 0. The molecular weight excluding hydrogens is 208 g/mol. The van der Waals surface area contributed by atoms with Gasteiger partial charge in [-0.3, -0.25) is 0 Å². The van der Waals surface area contributed by atoms with E-state index in [9.17, 15) is 0 Å². The van der Waals surface area contributed by atoms with Crippen LogP contribution in [0.15, 0.2) is 30.5 Å². The summed E-state index contributed by atoms with van der Waals surface area (Å²) in [6, 6.07) is 8.94. The molecule has 1 aromatic heterocycles. The first kappa shape index (κ1) is 12.2. The first-order valence-corrected chi connectivity index (χ1v) is 6.57. The van der Waals surface area contributed by atoms with E-state index in [1.165, 1.54) is 35.7 Å². The van der Waals surface area contributed by atoms with Gasteiger partial charge in [-0.25, -0.2) is 0 Å². The molecule has 2 rings (SSSR count). The minimum absolute atomic E-state index is 0.941. The third-order valence-corrected chi connectivity index (χ3v) is 3.22. The van der Waals surface area contributed by atoms with E-state index in [-0.39, 0.29) is 0 Å². The molecule has 1 heterocycles. The van der Waals surface area contributed by atoms with Crippen molar-refractivity contribution in [1.82, 2.24) is 9.88 Å². The maximum absolute atomic E-state index is 3.20. The fourth-order valence-electron chi connectivity index (χ4n) is 2.27. The Hall–Kier alpha value is -1.28. The quantitative estimate of drug-likeness (QED) is 0.751. The molecule has 0 radical (unpaired) electrons. The summed E-state index contributed by atoms with van der Waals surface area (Å²) in [7, 11) is 1.99. The summed E-state index contributed by atoms with van der Waals surface area (Å²) in [6.07, 6.45) is 6.08. The van der Waals surface area contributed by atoms with E-state index in [2.05, 4.69) is 47.3 Å². The predicted octanol–water partition coefficient (Wildman–Crippen LogP) is 3.55. The maximum Gasteiger partial charge on any atom is 0.0483 e. The number of nitrogens with one attached hydrogen (secondary N) is 1. The molecule has 2 aromatic rings. The molecule has 0 amide bonds. The summed E-state index contributed by atoms with van der Waals surface area (Å²) in [5, 5.41) is 4.55. The topological polar surface area (TPSA) is 17.0 Å². The molecule has 17 heavy (non-hydrogen) atoms. The average molecular weight is 230 g/mol. The standard InChI is InChI=1S/C15H22N2/c1-3-4-5-9-17-10-8-14-7-6-13(12-16-2)11-15(14)17/h6-8,10-11,16H,3-5,9,12H2,1-2H3. The number of fused-ring (bicyclic) bond motifs is 1. The highest BCUT2D eigenvalue weighted by atomic mass is 14.9. The van der Waals surface area contributed by atoms with Crippen LogP contribution >= 0.6 is 0 Å². The van der Waals surface area contributed by atoms with E-state index in [1.54, 1.807) is 0 Å². The van der Waals surface area contributed by atoms with Crippen molar-refractivity contribution in [1.29, 1.82) is 0 Å². The Kier molecular flexibility index (Phi) is 4.21. The van der Waals surface area contributed by atoms with Gasteiger partial charge in [-0.2, -0.15) is 0 Å². The molecule has 92 valence electrons. The van der Waals surface area contributed by atoms with Crippen LogP contribution in [-0.4, -0.2) is 11.6 Å². The minimum Gasteiger partial charge on any atom is -0.347 e. The number of rotatable bonds is 6. The van der Waals surface area contributed by atoms with E-state index >= 15 is 0 Å². The van der Waals surface area contributed by atoms with Gasteiger partial charge in [0.05, 0.1) is 0 Å². The lowest BCUT2D eigenvalue weighted by Crippen LogP contribution is -2.05. The Balaban J connectivity index is 2.20. The van der Waals surface area contributed by atoms with Crippen molar-refractivity contribution >= 4 is 10.9 Å². The predicted molar refractivity (Wildman–Crippen MR) is 74.2 cm³/mol. The third kappa shape index (κ3) is 2.89. The van der Waals surface area contributed by atoms with Crippen LogP contribution in [0.5, 0.6) is 0 Å². The Morgan fingerprint density at radius 1 is 1.18 bits per heavy atom. The smallest absolute Gasteiger partial charge is 0.0483 e. The number of nitrogens with zero attached hydrogens (tertiary/aromatic N) is 1. The van der Waals surface area contributed by atoms with Gasteiger partial charge < -0.3 is 9.88 Å². The molecule has 0 aliphatic heterocycles. The Morgan fingerprint density at radius 2 is 2.06 bits per heavy atom. The zero-order chi connectivity index (χ0) is 12.1. The summed E-state index contributed by atoms with van der Waals surface area (Å²) < 4.78 is 2.38. The van der Waals surface area contributed by atoms with Gasteiger partial charge in [-0.05, 0) is 36.6 Å². The van der Waals surface area contributed by atoms with Crippen LogP contribution in [0.3, 0.4) is 0 Å². The van der Waals surface area contributed by atoms with Crippen molar-refractivity contribution in [3.05, 3.63) is 36.0 Å². The molecule has 1 N–H and O–H groups in total. The Bertz CT molecular complexity index is 471. The lowest BCUT2D eigenvalue weighted by atomic mass is 10.1. The zero-order valence-corrected chi connectivity index (χ0v) is 10.9. The maximum atomic E-state index is 3.20. The van der Waals surface area contributed by atoms with Crippen molar-refractivity contribution in [3.8, 4) is 0 Å². The molecule has 0 fully saturated rings. The monoisotopic (exact) mass is 230 g/mol. The van der Waals surface area contributed by atoms with E-state index in [1.807, 2.05) is 7.05 Å². The number of unbranched alkanes of at least 4 members (excludes halogenated alkanes) is 2. The van der Waals surface area contributed by atoms with Crippen LogP contribution < -0.4 is 5.32 Å². The molecular formula is C15H22N2. The van der Waals surface area contributed by atoms with Gasteiger partial charge >= 0.3 is 0 Å². The summed E-state index contributed by atoms with van der Waals surface area (Å²) in [5.74, 6) is 0. The summed E-state index contributed by atoms with van der Waals surface area (Å²) in [5.41, 5.74) is 2.73. The normalized spacial score (nSPS) is 11.2.